The highest BCUT2D eigenvalue weighted by atomic mass is 16.5. The van der Waals surface area contributed by atoms with Gasteiger partial charge in [-0.05, 0) is 41.5 Å². The van der Waals surface area contributed by atoms with E-state index in [4.69, 9.17) is 18.6 Å². The molecule has 6 nitrogen and oxygen atoms in total. The number of methoxy groups -OCH3 is 1. The van der Waals surface area contributed by atoms with Crippen LogP contribution in [0.5, 0.6) is 5.75 Å². The first-order chi connectivity index (χ1) is 17.2. The van der Waals surface area contributed by atoms with E-state index in [0.717, 1.165) is 16.7 Å². The van der Waals surface area contributed by atoms with Crippen molar-refractivity contribution in [3.05, 3.63) is 113 Å². The van der Waals surface area contributed by atoms with Crippen molar-refractivity contribution >= 4 is 6.29 Å². The van der Waals surface area contributed by atoms with Gasteiger partial charge in [0, 0.05) is 5.56 Å². The Balaban J connectivity index is 1.56. The quantitative estimate of drug-likeness (QED) is 0.270. The molecular weight excluding hydrogens is 444 g/mol. The summed E-state index contributed by atoms with van der Waals surface area (Å²) in [5, 5.41) is 11.0. The third kappa shape index (κ3) is 6.45. The largest absolute Gasteiger partial charge is 0.497 e. The number of furan rings is 1. The maximum Gasteiger partial charge on any atom is 0.153 e. The third-order valence-electron chi connectivity index (χ3n) is 5.57. The number of carbonyl (C=O) groups is 1. The zero-order valence-corrected chi connectivity index (χ0v) is 19.5. The van der Waals surface area contributed by atoms with E-state index >= 15 is 0 Å². The van der Waals surface area contributed by atoms with Gasteiger partial charge in [-0.15, -0.1) is 0 Å². The van der Waals surface area contributed by atoms with Crippen molar-refractivity contribution in [2.75, 3.05) is 13.7 Å². The highest BCUT2D eigenvalue weighted by Gasteiger charge is 2.29. The van der Waals surface area contributed by atoms with Crippen LogP contribution in [0.15, 0.2) is 95.4 Å². The van der Waals surface area contributed by atoms with E-state index in [2.05, 4.69) is 0 Å². The molecule has 0 saturated heterocycles. The Morgan fingerprint density at radius 1 is 0.886 bits per heavy atom. The Morgan fingerprint density at radius 3 is 2.11 bits per heavy atom. The normalized spacial score (nSPS) is 12.7. The van der Waals surface area contributed by atoms with Crippen LogP contribution < -0.4 is 4.74 Å². The second-order valence-corrected chi connectivity index (χ2v) is 8.06. The predicted octanol–water partition coefficient (Wildman–Crippen LogP) is 5.60. The van der Waals surface area contributed by atoms with Gasteiger partial charge < -0.3 is 23.7 Å². The molecule has 0 fully saturated rings. The Hall–Kier alpha value is -3.71. The summed E-state index contributed by atoms with van der Waals surface area (Å²) >= 11 is 0. The summed E-state index contributed by atoms with van der Waals surface area (Å²) in [5.41, 5.74) is 3.02. The van der Waals surface area contributed by atoms with Crippen LogP contribution in [0.4, 0.5) is 0 Å². The molecule has 1 heterocycles. The molecule has 0 aliphatic carbocycles. The second-order valence-electron chi connectivity index (χ2n) is 8.06. The first-order valence-electron chi connectivity index (χ1n) is 11.4. The molecule has 3 aromatic carbocycles. The van der Waals surface area contributed by atoms with Gasteiger partial charge >= 0.3 is 0 Å². The molecule has 35 heavy (non-hydrogen) atoms. The van der Waals surface area contributed by atoms with Crippen LogP contribution in [0.25, 0.3) is 11.3 Å². The average molecular weight is 473 g/mol. The first-order valence-corrected chi connectivity index (χ1v) is 11.4. The monoisotopic (exact) mass is 472 g/mol. The van der Waals surface area contributed by atoms with E-state index in [-0.39, 0.29) is 19.0 Å². The van der Waals surface area contributed by atoms with Crippen LogP contribution in [-0.2, 0) is 22.7 Å². The van der Waals surface area contributed by atoms with E-state index in [0.29, 0.717) is 30.0 Å². The molecule has 4 aromatic rings. The smallest absolute Gasteiger partial charge is 0.153 e. The molecule has 0 bridgehead atoms. The maximum atomic E-state index is 11.9. The van der Waals surface area contributed by atoms with Crippen LogP contribution in [-0.4, -0.2) is 31.2 Å². The molecule has 0 unspecified atom stereocenters. The van der Waals surface area contributed by atoms with Crippen molar-refractivity contribution in [2.45, 2.75) is 25.4 Å². The van der Waals surface area contributed by atoms with Crippen molar-refractivity contribution in [2.24, 2.45) is 0 Å². The van der Waals surface area contributed by atoms with E-state index in [1.54, 1.807) is 13.2 Å². The molecule has 1 aromatic heterocycles. The number of benzene rings is 3. The van der Waals surface area contributed by atoms with Crippen molar-refractivity contribution in [3.8, 4) is 17.1 Å². The van der Waals surface area contributed by atoms with Crippen LogP contribution in [0.2, 0.25) is 0 Å². The lowest BCUT2D eigenvalue weighted by atomic mass is 10.1. The minimum absolute atomic E-state index is 0.00518. The molecule has 1 N–H and O–H groups in total. The molecule has 0 amide bonds. The summed E-state index contributed by atoms with van der Waals surface area (Å²) in [6.45, 7) is 0.586. The zero-order valence-electron chi connectivity index (χ0n) is 19.5. The Kier molecular flexibility index (Phi) is 8.46. The summed E-state index contributed by atoms with van der Waals surface area (Å²) in [6.07, 6.45) is -1.25. The summed E-state index contributed by atoms with van der Waals surface area (Å²) in [7, 11) is 1.60. The van der Waals surface area contributed by atoms with Crippen LogP contribution in [0.3, 0.4) is 0 Å². The van der Waals surface area contributed by atoms with E-state index in [1.807, 2.05) is 84.9 Å². The fourth-order valence-corrected chi connectivity index (χ4v) is 3.71. The van der Waals surface area contributed by atoms with Gasteiger partial charge in [-0.2, -0.15) is 0 Å². The molecule has 0 radical (unpaired) electrons. The highest BCUT2D eigenvalue weighted by molar-refractivity contribution is 5.79. The minimum Gasteiger partial charge on any atom is -0.497 e. The van der Waals surface area contributed by atoms with Crippen molar-refractivity contribution in [3.63, 3.8) is 0 Å². The van der Waals surface area contributed by atoms with Gasteiger partial charge in [0.1, 0.15) is 29.5 Å². The topological polar surface area (TPSA) is 78.1 Å². The third-order valence-corrected chi connectivity index (χ3v) is 5.57. The van der Waals surface area contributed by atoms with E-state index in [9.17, 15) is 9.90 Å². The fraction of sp³-hybridized carbons (Fsp3) is 0.207. The number of aliphatic hydroxyl groups excluding tert-OH is 1. The second kappa shape index (κ2) is 12.1. The van der Waals surface area contributed by atoms with Crippen LogP contribution in [0, 0.1) is 0 Å². The summed E-state index contributed by atoms with van der Waals surface area (Å²) < 4.78 is 23.2. The molecule has 0 aliphatic heterocycles. The molecule has 0 aliphatic rings. The molecule has 180 valence electrons. The SMILES string of the molecule is COc1ccc(-c2cc(C=O)c([C@H](OCc3ccccc3)[C@H](O)COCc3ccccc3)o2)cc1. The molecule has 2 atom stereocenters. The number of carbonyl (C=O) groups excluding carboxylic acids is 1. The Morgan fingerprint density at radius 2 is 1.51 bits per heavy atom. The van der Waals surface area contributed by atoms with E-state index < -0.39 is 12.2 Å². The van der Waals surface area contributed by atoms with Crippen LogP contribution >= 0.6 is 0 Å². The van der Waals surface area contributed by atoms with Crippen molar-refractivity contribution in [1.82, 2.24) is 0 Å². The molecule has 6 heteroatoms. The molecule has 4 rings (SSSR count). The number of hydrogen-bond acceptors (Lipinski definition) is 6. The molecular formula is C29H28O6. The molecule has 0 spiro atoms. The van der Waals surface area contributed by atoms with Gasteiger partial charge in [0.05, 0.1) is 32.5 Å². The first kappa shape index (κ1) is 24.4. The number of ether oxygens (including phenoxy) is 3. The fourth-order valence-electron chi connectivity index (χ4n) is 3.71. The highest BCUT2D eigenvalue weighted by Crippen LogP contribution is 2.33. The number of aliphatic hydroxyl groups is 1. The van der Waals surface area contributed by atoms with Crippen molar-refractivity contribution < 1.29 is 28.5 Å². The van der Waals surface area contributed by atoms with Gasteiger partial charge in [0.2, 0.25) is 0 Å². The lowest BCUT2D eigenvalue weighted by Crippen LogP contribution is -2.27. The number of aldehydes is 1. The Labute approximate surface area is 204 Å². The number of hydrogen-bond donors (Lipinski definition) is 1. The zero-order chi connectivity index (χ0) is 24.5. The summed E-state index contributed by atoms with van der Waals surface area (Å²) in [4.78, 5) is 11.9. The molecule has 0 saturated carbocycles. The maximum absolute atomic E-state index is 11.9. The lowest BCUT2D eigenvalue weighted by molar-refractivity contribution is -0.0907. The summed E-state index contributed by atoms with van der Waals surface area (Å²) in [5.74, 6) is 1.47. The Bertz CT molecular complexity index is 1190. The van der Waals surface area contributed by atoms with E-state index in [1.165, 1.54) is 0 Å². The van der Waals surface area contributed by atoms with Gasteiger partial charge in [-0.3, -0.25) is 4.79 Å². The summed E-state index contributed by atoms with van der Waals surface area (Å²) in [6, 6.07) is 28.3. The van der Waals surface area contributed by atoms with Gasteiger partial charge in [0.25, 0.3) is 0 Å². The minimum atomic E-state index is -1.06. The predicted molar refractivity (Wildman–Crippen MR) is 132 cm³/mol. The lowest BCUT2D eigenvalue weighted by Gasteiger charge is -2.22. The average Bonchev–Trinajstić information content (AvgIpc) is 3.34. The van der Waals surface area contributed by atoms with Crippen LogP contribution in [0.1, 0.15) is 33.3 Å². The van der Waals surface area contributed by atoms with Gasteiger partial charge in [-0.1, -0.05) is 60.7 Å². The van der Waals surface area contributed by atoms with Gasteiger partial charge in [0.15, 0.2) is 6.29 Å². The van der Waals surface area contributed by atoms with Crippen molar-refractivity contribution in [1.29, 1.82) is 0 Å². The number of rotatable bonds is 12. The standard InChI is InChI=1S/C29H28O6/c1-32-25-14-12-23(13-15-25)27-16-24(17-30)28(35-27)29(34-19-22-10-6-3-7-11-22)26(31)20-33-18-21-8-4-2-5-9-21/h2-17,26,29,31H,18-20H2,1H3/t26-,29-/m1/s1. The van der Waals surface area contributed by atoms with Gasteiger partial charge in [-0.25, -0.2) is 0 Å².